The van der Waals surface area contributed by atoms with Crippen molar-refractivity contribution in [3.63, 3.8) is 0 Å². The van der Waals surface area contributed by atoms with E-state index in [4.69, 9.17) is 5.73 Å². The van der Waals surface area contributed by atoms with Crippen LogP contribution in [-0.4, -0.2) is 9.55 Å². The van der Waals surface area contributed by atoms with Gasteiger partial charge in [0.25, 0.3) is 5.56 Å². The number of hydrogen-bond donors (Lipinski definition) is 1. The zero-order valence-corrected chi connectivity index (χ0v) is 11.0. The minimum Gasteiger partial charge on any atom is -0.398 e. The van der Waals surface area contributed by atoms with Gasteiger partial charge in [-0.3, -0.25) is 9.36 Å². The Morgan fingerprint density at radius 3 is 2.74 bits per heavy atom. The van der Waals surface area contributed by atoms with Crippen LogP contribution >= 0.6 is 0 Å². The molecule has 4 nitrogen and oxygen atoms in total. The molecular formula is C14H16FN3O. The van der Waals surface area contributed by atoms with Crippen molar-refractivity contribution in [3.8, 4) is 0 Å². The third-order valence-electron chi connectivity index (χ3n) is 4.12. The summed E-state index contributed by atoms with van der Waals surface area (Å²) < 4.78 is 15.4. The first-order valence-electron chi connectivity index (χ1n) is 6.47. The molecule has 100 valence electrons. The highest BCUT2D eigenvalue weighted by Crippen LogP contribution is 2.38. The maximum absolute atomic E-state index is 13.8. The Kier molecular flexibility index (Phi) is 2.59. The van der Waals surface area contributed by atoms with Crippen molar-refractivity contribution in [1.82, 2.24) is 9.55 Å². The van der Waals surface area contributed by atoms with E-state index < -0.39 is 5.82 Å². The number of aryl methyl sites for hydroxylation is 1. The monoisotopic (exact) mass is 261 g/mol. The molecule has 2 atom stereocenters. The minimum atomic E-state index is -0.502. The van der Waals surface area contributed by atoms with E-state index >= 15 is 0 Å². The Labute approximate surface area is 110 Å². The van der Waals surface area contributed by atoms with E-state index in [9.17, 15) is 9.18 Å². The summed E-state index contributed by atoms with van der Waals surface area (Å²) >= 11 is 0. The molecule has 1 fully saturated rings. The van der Waals surface area contributed by atoms with E-state index in [-0.39, 0.29) is 28.2 Å². The van der Waals surface area contributed by atoms with Crippen LogP contribution in [0.3, 0.4) is 0 Å². The molecule has 0 aliphatic heterocycles. The van der Waals surface area contributed by atoms with E-state index in [1.54, 1.807) is 11.5 Å². The molecule has 0 unspecified atom stereocenters. The maximum Gasteiger partial charge on any atom is 0.263 e. The molecule has 0 bridgehead atoms. The quantitative estimate of drug-likeness (QED) is 0.802. The van der Waals surface area contributed by atoms with Gasteiger partial charge in [-0.05, 0) is 37.8 Å². The topological polar surface area (TPSA) is 60.9 Å². The van der Waals surface area contributed by atoms with Crippen LogP contribution in [0.2, 0.25) is 0 Å². The summed E-state index contributed by atoms with van der Waals surface area (Å²) in [4.78, 5) is 16.8. The highest BCUT2D eigenvalue weighted by molar-refractivity contribution is 5.89. The van der Waals surface area contributed by atoms with Crippen molar-refractivity contribution >= 4 is 16.6 Å². The average molecular weight is 261 g/mol. The number of nitrogen functional groups attached to an aromatic ring is 1. The summed E-state index contributed by atoms with van der Waals surface area (Å²) in [5.41, 5.74) is 5.95. The summed E-state index contributed by atoms with van der Waals surface area (Å²) in [7, 11) is 0. The van der Waals surface area contributed by atoms with Crippen molar-refractivity contribution in [2.24, 2.45) is 5.92 Å². The van der Waals surface area contributed by atoms with Crippen LogP contribution < -0.4 is 11.3 Å². The van der Waals surface area contributed by atoms with Crippen molar-refractivity contribution < 1.29 is 4.39 Å². The van der Waals surface area contributed by atoms with Crippen molar-refractivity contribution in [2.45, 2.75) is 32.7 Å². The number of nitrogens with zero attached hydrogens (tertiary/aromatic N) is 2. The highest BCUT2D eigenvalue weighted by atomic mass is 19.1. The standard InChI is InChI=1S/C14H16FN3O/c1-7-3-6-11(7)18-8(2)17-13-9(15)4-5-10(16)12(13)14(18)19/h4-5,7,11H,3,6,16H2,1-2H3/t7-,11-/m0/s1. The third kappa shape index (κ3) is 1.64. The van der Waals surface area contributed by atoms with Crippen LogP contribution in [0.15, 0.2) is 16.9 Å². The van der Waals surface area contributed by atoms with Crippen LogP contribution in [0.4, 0.5) is 10.1 Å². The van der Waals surface area contributed by atoms with E-state index in [1.165, 1.54) is 12.1 Å². The fourth-order valence-electron chi connectivity index (χ4n) is 2.82. The molecular weight excluding hydrogens is 245 g/mol. The molecule has 0 amide bonds. The Hall–Kier alpha value is -1.91. The Morgan fingerprint density at radius 1 is 1.42 bits per heavy atom. The molecule has 2 aromatic rings. The van der Waals surface area contributed by atoms with Gasteiger partial charge in [0.2, 0.25) is 0 Å². The molecule has 1 aliphatic carbocycles. The minimum absolute atomic E-state index is 0.0747. The lowest BCUT2D eigenvalue weighted by Gasteiger charge is -2.36. The van der Waals surface area contributed by atoms with Gasteiger partial charge in [-0.2, -0.15) is 0 Å². The molecule has 1 aliphatic rings. The van der Waals surface area contributed by atoms with Gasteiger partial charge in [0.05, 0.1) is 5.39 Å². The summed E-state index contributed by atoms with van der Waals surface area (Å²) in [6, 6.07) is 2.83. The lowest BCUT2D eigenvalue weighted by Crippen LogP contribution is -2.36. The average Bonchev–Trinajstić information content (AvgIpc) is 2.36. The molecule has 2 N–H and O–H groups in total. The van der Waals surface area contributed by atoms with Gasteiger partial charge < -0.3 is 5.73 Å². The number of aromatic nitrogens is 2. The molecule has 0 saturated heterocycles. The number of fused-ring (bicyclic) bond motifs is 1. The SMILES string of the molecule is Cc1nc2c(F)ccc(N)c2c(=O)n1[C@H]1CC[C@@H]1C. The van der Waals surface area contributed by atoms with Crippen molar-refractivity contribution in [1.29, 1.82) is 0 Å². The smallest absolute Gasteiger partial charge is 0.263 e. The molecule has 1 heterocycles. The van der Waals surface area contributed by atoms with Crippen LogP contribution in [-0.2, 0) is 0 Å². The second-order valence-corrected chi connectivity index (χ2v) is 5.32. The lowest BCUT2D eigenvalue weighted by atomic mass is 9.81. The van der Waals surface area contributed by atoms with Gasteiger partial charge in [-0.1, -0.05) is 6.92 Å². The van der Waals surface area contributed by atoms with Gasteiger partial charge in [0, 0.05) is 11.7 Å². The number of halogens is 1. The second-order valence-electron chi connectivity index (χ2n) is 5.32. The summed E-state index contributed by atoms with van der Waals surface area (Å²) in [5, 5.41) is 0.199. The number of rotatable bonds is 1. The van der Waals surface area contributed by atoms with E-state index in [2.05, 4.69) is 11.9 Å². The summed E-state index contributed by atoms with van der Waals surface area (Å²) in [6.45, 7) is 3.85. The molecule has 1 aromatic heterocycles. The first-order valence-corrected chi connectivity index (χ1v) is 6.47. The Bertz CT molecular complexity index is 723. The molecule has 0 spiro atoms. The number of benzene rings is 1. The fourth-order valence-corrected chi connectivity index (χ4v) is 2.82. The van der Waals surface area contributed by atoms with E-state index in [1.807, 2.05) is 0 Å². The van der Waals surface area contributed by atoms with Crippen LogP contribution in [0, 0.1) is 18.7 Å². The van der Waals surface area contributed by atoms with Gasteiger partial charge in [-0.15, -0.1) is 0 Å². The number of hydrogen-bond acceptors (Lipinski definition) is 3. The van der Waals surface area contributed by atoms with Crippen LogP contribution in [0.5, 0.6) is 0 Å². The predicted molar refractivity (Wildman–Crippen MR) is 72.5 cm³/mol. The van der Waals surface area contributed by atoms with E-state index in [0.717, 1.165) is 12.8 Å². The van der Waals surface area contributed by atoms with Crippen LogP contribution in [0.25, 0.3) is 10.9 Å². The second kappa shape index (κ2) is 4.05. The van der Waals surface area contributed by atoms with Gasteiger partial charge in [0.1, 0.15) is 17.2 Å². The molecule has 5 heteroatoms. The molecule has 19 heavy (non-hydrogen) atoms. The fraction of sp³-hybridized carbons (Fsp3) is 0.429. The number of anilines is 1. The molecule has 1 saturated carbocycles. The van der Waals surface area contributed by atoms with Crippen molar-refractivity contribution in [2.75, 3.05) is 5.73 Å². The summed E-state index contributed by atoms with van der Waals surface area (Å²) in [6.07, 6.45) is 2.07. The third-order valence-corrected chi connectivity index (χ3v) is 4.12. The normalized spacial score (nSPS) is 22.5. The zero-order valence-electron chi connectivity index (χ0n) is 11.0. The van der Waals surface area contributed by atoms with E-state index in [0.29, 0.717) is 11.7 Å². The Morgan fingerprint density at radius 2 is 2.16 bits per heavy atom. The first kappa shape index (κ1) is 12.1. The zero-order chi connectivity index (χ0) is 13.7. The summed E-state index contributed by atoms with van der Waals surface area (Å²) in [5.74, 6) is 0.502. The highest BCUT2D eigenvalue weighted by Gasteiger charge is 2.31. The number of nitrogens with two attached hydrogens (primary N) is 1. The maximum atomic E-state index is 13.8. The lowest BCUT2D eigenvalue weighted by molar-refractivity contribution is 0.193. The predicted octanol–water partition coefficient (Wildman–Crippen LogP) is 2.40. The first-order chi connectivity index (χ1) is 9.00. The molecule has 1 aromatic carbocycles. The Balaban J connectivity index is 2.37. The van der Waals surface area contributed by atoms with Crippen molar-refractivity contribution in [3.05, 3.63) is 34.1 Å². The van der Waals surface area contributed by atoms with Gasteiger partial charge >= 0.3 is 0 Å². The molecule has 3 rings (SSSR count). The van der Waals surface area contributed by atoms with Crippen LogP contribution in [0.1, 0.15) is 31.6 Å². The molecule has 0 radical (unpaired) electrons. The van der Waals surface area contributed by atoms with Gasteiger partial charge in [0.15, 0.2) is 0 Å². The van der Waals surface area contributed by atoms with Gasteiger partial charge in [-0.25, -0.2) is 9.37 Å². The largest absolute Gasteiger partial charge is 0.398 e.